The average molecular weight is 298 g/mol. The van der Waals surface area contributed by atoms with Gasteiger partial charge < -0.3 is 0 Å². The third kappa shape index (κ3) is 1180. The topological polar surface area (TPSA) is 0 Å². The van der Waals surface area contributed by atoms with Gasteiger partial charge in [0, 0.05) is 0 Å². The zero-order valence-electron chi connectivity index (χ0n) is 7.41. The first-order valence-corrected chi connectivity index (χ1v) is 4.67. The summed E-state index contributed by atoms with van der Waals surface area (Å²) in [6, 6.07) is 0. The molecule has 0 fully saturated rings. The Kier molecular flexibility index (Phi) is 7.29. The zero-order valence-corrected chi connectivity index (χ0v) is 10.3. The maximum atomic E-state index is 2.19. The van der Waals surface area contributed by atoms with E-state index < -0.39 is 0 Å². The van der Waals surface area contributed by atoms with Crippen molar-refractivity contribution in [1.29, 1.82) is 0 Å². The van der Waals surface area contributed by atoms with Gasteiger partial charge in [0.2, 0.25) is 0 Å². The summed E-state index contributed by atoms with van der Waals surface area (Å²) in [5.74, 6) is 0. The second-order valence-corrected chi connectivity index (χ2v) is 6.84. The van der Waals surface area contributed by atoms with E-state index >= 15 is 0 Å². The van der Waals surface area contributed by atoms with Crippen LogP contribution in [0.15, 0.2) is 0 Å². The quantitative estimate of drug-likeness (QED) is 0.645. The van der Waals surface area contributed by atoms with Gasteiger partial charge in [-0.3, -0.25) is 0 Å². The Morgan fingerprint density at radius 3 is 1.00 bits per heavy atom. The molecule has 0 nitrogen and oxygen atoms in total. The minimum absolute atomic E-state index is 0.500. The molecule has 0 aromatic rings. The fourth-order valence-electron chi connectivity index (χ4n) is 0. The molecule has 0 aliphatic carbocycles. The maximum absolute atomic E-state index is 2.19. The summed E-state index contributed by atoms with van der Waals surface area (Å²) in [5.41, 5.74) is 0.500. The summed E-state index contributed by atoms with van der Waals surface area (Å²) in [6.07, 6.45) is 0. The molecule has 0 radical (unpaired) electrons. The van der Waals surface area contributed by atoms with Crippen molar-refractivity contribution in [2.24, 2.45) is 5.41 Å². The van der Waals surface area contributed by atoms with Gasteiger partial charge in [0.25, 0.3) is 0 Å². The molecule has 0 spiro atoms. The van der Waals surface area contributed by atoms with Crippen LogP contribution in [-0.2, 0) is 19.4 Å². The summed E-state index contributed by atoms with van der Waals surface area (Å²) in [6.45, 7) is 13.0. The van der Waals surface area contributed by atoms with Crippen LogP contribution in [0.4, 0.5) is 0 Å². The van der Waals surface area contributed by atoms with E-state index in [1.54, 1.807) is 19.4 Å². The van der Waals surface area contributed by atoms with Crippen LogP contribution in [0.25, 0.3) is 0 Å². The molecular formula is C8H18W. The molecule has 0 aromatic heterocycles. The van der Waals surface area contributed by atoms with Crippen LogP contribution in [0.5, 0.6) is 0 Å². The van der Waals surface area contributed by atoms with E-state index in [1.165, 1.54) is 3.90 Å². The molecule has 0 rings (SSSR count). The molecule has 0 saturated carbocycles. The molecule has 0 atom stereocenters. The predicted molar refractivity (Wildman–Crippen MR) is 41.5 cm³/mol. The van der Waals surface area contributed by atoms with Gasteiger partial charge in [0.1, 0.15) is 0 Å². The predicted octanol–water partition coefficient (Wildman–Crippen LogP) is 2.80. The van der Waals surface area contributed by atoms with E-state index in [4.69, 9.17) is 0 Å². The van der Waals surface area contributed by atoms with Crippen LogP contribution in [0.1, 0.15) is 41.5 Å². The Bertz CT molecular complexity index is 67.1. The van der Waals surface area contributed by atoms with Crippen molar-refractivity contribution in [2.75, 3.05) is 0 Å². The van der Waals surface area contributed by atoms with E-state index in [0.29, 0.717) is 5.41 Å². The SMILES string of the molecule is CC(C)(C)C.C[C](C)=[W]. The van der Waals surface area contributed by atoms with Crippen LogP contribution < -0.4 is 0 Å². The van der Waals surface area contributed by atoms with Crippen LogP contribution in [0.3, 0.4) is 0 Å². The van der Waals surface area contributed by atoms with Crippen LogP contribution >= 0.6 is 0 Å². The Morgan fingerprint density at radius 1 is 1.00 bits per heavy atom. The van der Waals surface area contributed by atoms with Gasteiger partial charge in [-0.2, -0.15) is 0 Å². The third-order valence-corrected chi connectivity index (χ3v) is 0. The molecule has 0 heterocycles. The fourth-order valence-corrected chi connectivity index (χ4v) is 0. The van der Waals surface area contributed by atoms with Crippen molar-refractivity contribution in [3.63, 3.8) is 0 Å². The zero-order chi connectivity index (χ0) is 8.08. The summed E-state index contributed by atoms with van der Waals surface area (Å²) in [7, 11) is 0. The summed E-state index contributed by atoms with van der Waals surface area (Å²) >= 11 is 1.59. The molecule has 9 heavy (non-hydrogen) atoms. The molecule has 56 valence electrons. The van der Waals surface area contributed by atoms with E-state index in [9.17, 15) is 0 Å². The monoisotopic (exact) mass is 298 g/mol. The summed E-state index contributed by atoms with van der Waals surface area (Å²) in [5, 5.41) is 0. The number of hydrogen-bond acceptors (Lipinski definition) is 0. The Labute approximate surface area is 70.5 Å². The van der Waals surface area contributed by atoms with Crippen LogP contribution in [-0.4, -0.2) is 3.90 Å². The van der Waals surface area contributed by atoms with Crippen molar-refractivity contribution in [3.05, 3.63) is 0 Å². The van der Waals surface area contributed by atoms with E-state index in [2.05, 4.69) is 41.5 Å². The van der Waals surface area contributed by atoms with E-state index in [0.717, 1.165) is 0 Å². The minimum atomic E-state index is 0.500. The molecule has 0 unspecified atom stereocenters. The molecule has 0 aliphatic rings. The van der Waals surface area contributed by atoms with Crippen molar-refractivity contribution >= 4 is 3.90 Å². The summed E-state index contributed by atoms with van der Waals surface area (Å²) in [4.78, 5) is 0. The molecule has 0 bridgehead atoms. The summed E-state index contributed by atoms with van der Waals surface area (Å²) < 4.78 is 1.50. The van der Waals surface area contributed by atoms with Crippen molar-refractivity contribution < 1.29 is 19.4 Å². The van der Waals surface area contributed by atoms with E-state index in [-0.39, 0.29) is 0 Å². The number of hydrogen-bond donors (Lipinski definition) is 0. The molecule has 0 N–H and O–H groups in total. The molecule has 1 heteroatoms. The van der Waals surface area contributed by atoms with Gasteiger partial charge in [0.15, 0.2) is 0 Å². The van der Waals surface area contributed by atoms with Gasteiger partial charge in [-0.15, -0.1) is 0 Å². The van der Waals surface area contributed by atoms with Crippen molar-refractivity contribution in [1.82, 2.24) is 0 Å². The molecular weight excluding hydrogens is 280 g/mol. The molecule has 0 aromatic carbocycles. The molecule has 0 saturated heterocycles. The Balaban J connectivity index is 0. The molecule has 0 amide bonds. The van der Waals surface area contributed by atoms with Crippen LogP contribution in [0, 0.1) is 5.41 Å². The average Bonchev–Trinajstić information content (AvgIpc) is 1.19. The second-order valence-electron chi connectivity index (χ2n) is 3.91. The first-order chi connectivity index (χ1) is 3.73. The van der Waals surface area contributed by atoms with E-state index in [1.807, 2.05) is 0 Å². The van der Waals surface area contributed by atoms with Crippen molar-refractivity contribution in [2.45, 2.75) is 41.5 Å². The van der Waals surface area contributed by atoms with Crippen molar-refractivity contribution in [3.8, 4) is 0 Å². The standard InChI is InChI=1S/C5H12.C3H6.W/c1-5(2,3)4;1-3-2;/h1-4H3;1-2H3;. The first-order valence-electron chi connectivity index (χ1n) is 3.20. The Hall–Kier alpha value is 0.558. The number of rotatable bonds is 0. The third-order valence-electron chi connectivity index (χ3n) is 0. The van der Waals surface area contributed by atoms with Crippen LogP contribution in [0.2, 0.25) is 0 Å². The molecule has 0 aliphatic heterocycles. The second kappa shape index (κ2) is 5.35. The normalized spacial score (nSPS) is 9.56. The Morgan fingerprint density at radius 2 is 1.00 bits per heavy atom. The van der Waals surface area contributed by atoms with Gasteiger partial charge in [0.05, 0.1) is 0 Å². The first kappa shape index (κ1) is 12.3. The fraction of sp³-hybridized carbons (Fsp3) is 0.875. The van der Waals surface area contributed by atoms with Gasteiger partial charge >= 0.3 is 37.1 Å². The van der Waals surface area contributed by atoms with Gasteiger partial charge in [-0.25, -0.2) is 0 Å². The van der Waals surface area contributed by atoms with Gasteiger partial charge in [-0.05, 0) is 5.41 Å². The van der Waals surface area contributed by atoms with Gasteiger partial charge in [-0.1, -0.05) is 27.7 Å².